The zero-order chi connectivity index (χ0) is 19.0. The molecular weight excluding hydrogens is 340 g/mol. The number of carbonyl (C=O) groups is 1. The Morgan fingerprint density at radius 3 is 2.64 bits per heavy atom. The number of allylic oxidation sites excluding steroid dienone is 1. The number of amides is 1. The summed E-state index contributed by atoms with van der Waals surface area (Å²) in [7, 11) is 0. The summed E-state index contributed by atoms with van der Waals surface area (Å²) in [4.78, 5) is 11.8. The number of nitrogens with one attached hydrogen (secondary N) is 2. The lowest BCUT2D eigenvalue weighted by Crippen LogP contribution is -2.46. The zero-order valence-corrected chi connectivity index (χ0v) is 14.1. The monoisotopic (exact) mass is 360 g/mol. The minimum Gasteiger partial charge on any atom is -0.444 e. The number of carbonyl (C=O) groups excluding carboxylic acids is 1. The van der Waals surface area contributed by atoms with E-state index in [-0.39, 0.29) is 11.4 Å². The van der Waals surface area contributed by atoms with Gasteiger partial charge < -0.3 is 10.1 Å². The molecule has 0 aliphatic carbocycles. The molecule has 2 unspecified atom stereocenters. The molecule has 1 aliphatic heterocycles. The standard InChI is InChI=1S/C17H20F4N2O2/c1-9-13(19)8-17(20,21)14(22-9)11-7-10(5-6-12(11)18)23-15(24)25-16(2,3)4/h5-7,13-14,22H,1,8H2,2-4H3,(H,23,24). The first-order valence-electron chi connectivity index (χ1n) is 7.66. The van der Waals surface area contributed by atoms with Crippen LogP contribution in [0.1, 0.15) is 38.8 Å². The van der Waals surface area contributed by atoms with Gasteiger partial charge in [-0.3, -0.25) is 5.32 Å². The molecule has 1 aromatic carbocycles. The molecule has 0 radical (unpaired) electrons. The fraction of sp³-hybridized carbons (Fsp3) is 0.471. The van der Waals surface area contributed by atoms with Gasteiger partial charge in [-0.05, 0) is 39.0 Å². The van der Waals surface area contributed by atoms with Crippen molar-refractivity contribution in [3.63, 3.8) is 0 Å². The smallest absolute Gasteiger partial charge is 0.412 e. The first kappa shape index (κ1) is 19.1. The molecule has 1 heterocycles. The van der Waals surface area contributed by atoms with E-state index in [0.29, 0.717) is 0 Å². The van der Waals surface area contributed by atoms with Crippen LogP contribution in [-0.4, -0.2) is 23.8 Å². The number of ether oxygens (including phenoxy) is 1. The van der Waals surface area contributed by atoms with E-state index >= 15 is 0 Å². The molecule has 25 heavy (non-hydrogen) atoms. The van der Waals surface area contributed by atoms with Gasteiger partial charge in [-0.2, -0.15) is 0 Å². The fourth-order valence-corrected chi connectivity index (χ4v) is 2.43. The molecule has 1 aliphatic rings. The molecule has 2 atom stereocenters. The second-order valence-corrected chi connectivity index (χ2v) is 6.90. The summed E-state index contributed by atoms with van der Waals surface area (Å²) in [6.07, 6.45) is -3.81. The van der Waals surface area contributed by atoms with E-state index in [2.05, 4.69) is 17.2 Å². The van der Waals surface area contributed by atoms with E-state index in [1.807, 2.05) is 0 Å². The molecule has 1 saturated heterocycles. The highest BCUT2D eigenvalue weighted by molar-refractivity contribution is 5.85. The van der Waals surface area contributed by atoms with Gasteiger partial charge >= 0.3 is 6.09 Å². The molecule has 2 N–H and O–H groups in total. The van der Waals surface area contributed by atoms with Crippen LogP contribution >= 0.6 is 0 Å². The number of hydrogen-bond donors (Lipinski definition) is 2. The maximum Gasteiger partial charge on any atom is 0.412 e. The van der Waals surface area contributed by atoms with Crippen molar-refractivity contribution in [2.45, 2.75) is 50.9 Å². The lowest BCUT2D eigenvalue weighted by atomic mass is 9.91. The Kier molecular flexibility index (Phi) is 5.02. The average Bonchev–Trinajstić information content (AvgIpc) is 2.42. The van der Waals surface area contributed by atoms with Crippen LogP contribution in [-0.2, 0) is 4.74 Å². The van der Waals surface area contributed by atoms with Gasteiger partial charge in [0.05, 0.1) is 6.42 Å². The van der Waals surface area contributed by atoms with Crippen LogP contribution in [0, 0.1) is 5.82 Å². The minimum atomic E-state index is -3.52. The summed E-state index contributed by atoms with van der Waals surface area (Å²) >= 11 is 0. The van der Waals surface area contributed by atoms with E-state index in [0.717, 1.165) is 12.1 Å². The maximum atomic E-state index is 14.2. The molecule has 0 saturated carbocycles. The van der Waals surface area contributed by atoms with Crippen molar-refractivity contribution >= 4 is 11.8 Å². The van der Waals surface area contributed by atoms with Crippen LogP contribution < -0.4 is 10.6 Å². The summed E-state index contributed by atoms with van der Waals surface area (Å²) < 4.78 is 60.9. The van der Waals surface area contributed by atoms with Crippen LogP contribution in [0.2, 0.25) is 0 Å². The Morgan fingerprint density at radius 1 is 1.40 bits per heavy atom. The molecule has 1 aromatic rings. The van der Waals surface area contributed by atoms with Gasteiger partial charge in [0, 0.05) is 16.9 Å². The second-order valence-electron chi connectivity index (χ2n) is 6.90. The molecule has 0 aromatic heterocycles. The fourth-order valence-electron chi connectivity index (χ4n) is 2.43. The van der Waals surface area contributed by atoms with Crippen LogP contribution in [0.25, 0.3) is 0 Å². The van der Waals surface area contributed by atoms with Crippen LogP contribution in [0.4, 0.5) is 28.0 Å². The summed E-state index contributed by atoms with van der Waals surface area (Å²) in [6.45, 7) is 8.33. The minimum absolute atomic E-state index is 0.0798. The van der Waals surface area contributed by atoms with Crippen molar-refractivity contribution in [1.82, 2.24) is 5.32 Å². The lowest BCUT2D eigenvalue weighted by molar-refractivity contribution is -0.0735. The third-order valence-corrected chi connectivity index (χ3v) is 3.53. The summed E-state index contributed by atoms with van der Waals surface area (Å²) in [6, 6.07) is 1.45. The molecule has 1 amide bonds. The van der Waals surface area contributed by atoms with Crippen molar-refractivity contribution in [3.8, 4) is 0 Å². The van der Waals surface area contributed by atoms with Gasteiger partial charge in [-0.1, -0.05) is 6.58 Å². The summed E-state index contributed by atoms with van der Waals surface area (Å²) in [5.41, 5.74) is -1.30. The largest absolute Gasteiger partial charge is 0.444 e. The predicted molar refractivity (Wildman–Crippen MR) is 85.7 cm³/mol. The first-order chi connectivity index (χ1) is 11.4. The molecule has 0 bridgehead atoms. The SMILES string of the molecule is C=C1NC(c2cc(NC(=O)OC(C)(C)C)ccc2F)C(F)(F)CC1F. The lowest BCUT2D eigenvalue weighted by Gasteiger charge is -2.36. The van der Waals surface area contributed by atoms with Gasteiger partial charge in [0.25, 0.3) is 5.92 Å². The molecule has 8 heteroatoms. The summed E-state index contributed by atoms with van der Waals surface area (Å²) in [5, 5.41) is 4.58. The Morgan fingerprint density at radius 2 is 2.04 bits per heavy atom. The number of halogens is 4. The topological polar surface area (TPSA) is 50.4 Å². The molecule has 138 valence electrons. The van der Waals surface area contributed by atoms with E-state index in [1.165, 1.54) is 6.07 Å². The van der Waals surface area contributed by atoms with Crippen LogP contribution in [0.5, 0.6) is 0 Å². The highest BCUT2D eigenvalue weighted by Crippen LogP contribution is 2.42. The van der Waals surface area contributed by atoms with Gasteiger partial charge in [0.2, 0.25) is 0 Å². The van der Waals surface area contributed by atoms with Gasteiger partial charge in [-0.15, -0.1) is 0 Å². The molecule has 4 nitrogen and oxygen atoms in total. The number of alkyl halides is 3. The highest BCUT2D eigenvalue weighted by atomic mass is 19.3. The molecule has 2 rings (SSSR count). The van der Waals surface area contributed by atoms with Gasteiger partial charge in [0.15, 0.2) is 0 Å². The van der Waals surface area contributed by atoms with Crippen molar-refractivity contribution in [2.24, 2.45) is 0 Å². The predicted octanol–water partition coefficient (Wildman–Crippen LogP) is 4.69. The van der Waals surface area contributed by atoms with Crippen molar-refractivity contribution in [2.75, 3.05) is 5.32 Å². The number of piperidine rings is 1. The zero-order valence-electron chi connectivity index (χ0n) is 14.1. The van der Waals surface area contributed by atoms with E-state index < -0.39 is 47.6 Å². The average molecular weight is 360 g/mol. The van der Waals surface area contributed by atoms with E-state index in [9.17, 15) is 22.4 Å². The van der Waals surface area contributed by atoms with Gasteiger partial charge in [0.1, 0.15) is 23.6 Å². The highest BCUT2D eigenvalue weighted by Gasteiger charge is 2.48. The quantitative estimate of drug-likeness (QED) is 0.752. The summed E-state index contributed by atoms with van der Waals surface area (Å²) in [5.74, 6) is -4.43. The maximum absolute atomic E-state index is 14.2. The van der Waals surface area contributed by atoms with Gasteiger partial charge in [-0.25, -0.2) is 22.4 Å². The van der Waals surface area contributed by atoms with Crippen molar-refractivity contribution in [1.29, 1.82) is 0 Å². The number of rotatable bonds is 2. The van der Waals surface area contributed by atoms with Crippen molar-refractivity contribution < 1.29 is 27.1 Å². The molecular formula is C17H20F4N2O2. The van der Waals surface area contributed by atoms with Crippen molar-refractivity contribution in [3.05, 3.63) is 41.9 Å². The van der Waals surface area contributed by atoms with E-state index in [4.69, 9.17) is 4.74 Å². The Bertz CT molecular complexity index is 686. The number of benzene rings is 1. The molecule has 1 fully saturated rings. The Labute approximate surface area is 143 Å². The second kappa shape index (κ2) is 6.57. The molecule has 0 spiro atoms. The van der Waals surface area contributed by atoms with E-state index in [1.54, 1.807) is 20.8 Å². The Balaban J connectivity index is 2.27. The number of hydrogen-bond acceptors (Lipinski definition) is 3. The third kappa shape index (κ3) is 4.64. The normalized spacial score (nSPS) is 22.9. The first-order valence-corrected chi connectivity index (χ1v) is 7.66. The Hall–Kier alpha value is -2.25. The number of anilines is 1. The third-order valence-electron chi connectivity index (χ3n) is 3.53. The van der Waals surface area contributed by atoms with Crippen LogP contribution in [0.3, 0.4) is 0 Å². The van der Waals surface area contributed by atoms with Crippen LogP contribution in [0.15, 0.2) is 30.5 Å².